The first-order valence-electron chi connectivity index (χ1n) is 8.76. The number of rotatable bonds is 2. The second-order valence-electron chi connectivity index (χ2n) is 6.60. The lowest BCUT2D eigenvalue weighted by molar-refractivity contribution is 0.171. The van der Waals surface area contributed by atoms with E-state index in [4.69, 9.17) is 14.5 Å². The summed E-state index contributed by atoms with van der Waals surface area (Å²) in [5.41, 5.74) is 0.979. The number of nitrogens with zero attached hydrogens (tertiary/aromatic N) is 4. The van der Waals surface area contributed by atoms with Crippen LogP contribution in [0, 0.1) is 6.92 Å². The van der Waals surface area contributed by atoms with Gasteiger partial charge in [0.15, 0.2) is 11.5 Å². The molecule has 0 bridgehead atoms. The highest BCUT2D eigenvalue weighted by atomic mass is 16.6. The minimum Gasteiger partial charge on any atom is -0.486 e. The van der Waals surface area contributed by atoms with E-state index in [1.165, 1.54) is 19.3 Å². The van der Waals surface area contributed by atoms with Crippen LogP contribution < -0.4 is 9.47 Å². The van der Waals surface area contributed by atoms with E-state index < -0.39 is 0 Å². The summed E-state index contributed by atoms with van der Waals surface area (Å²) >= 11 is 0. The van der Waals surface area contributed by atoms with E-state index in [1.54, 1.807) is 0 Å². The molecule has 1 aromatic carbocycles. The molecule has 0 N–H and O–H groups in total. The van der Waals surface area contributed by atoms with E-state index in [2.05, 4.69) is 17.0 Å². The highest BCUT2D eigenvalue weighted by Crippen LogP contribution is 2.34. The molecule has 24 heavy (non-hydrogen) atoms. The second-order valence-corrected chi connectivity index (χ2v) is 6.60. The van der Waals surface area contributed by atoms with Crippen LogP contribution in [0.3, 0.4) is 0 Å². The van der Waals surface area contributed by atoms with Gasteiger partial charge in [0, 0.05) is 6.07 Å². The summed E-state index contributed by atoms with van der Waals surface area (Å²) in [7, 11) is 2.19. The summed E-state index contributed by atoms with van der Waals surface area (Å²) < 4.78 is 13.3. The molecule has 1 atom stereocenters. The third kappa shape index (κ3) is 2.86. The molecule has 2 aliphatic heterocycles. The van der Waals surface area contributed by atoms with Gasteiger partial charge in [0.05, 0.1) is 11.7 Å². The van der Waals surface area contributed by atoms with E-state index in [9.17, 15) is 0 Å². The summed E-state index contributed by atoms with van der Waals surface area (Å²) in [5.74, 6) is 3.41. The Kier molecular flexibility index (Phi) is 4.14. The maximum Gasteiger partial charge on any atom is 0.163 e. The van der Waals surface area contributed by atoms with E-state index >= 15 is 0 Å². The van der Waals surface area contributed by atoms with Gasteiger partial charge in [0.2, 0.25) is 0 Å². The van der Waals surface area contributed by atoms with Crippen LogP contribution in [0.5, 0.6) is 11.5 Å². The maximum absolute atomic E-state index is 5.72. The average molecular weight is 328 g/mol. The maximum atomic E-state index is 5.72. The SMILES string of the molecule is Cc1nc(C2CCCCCN2C)n(-c2ccc3c(c2)OCCO3)n1. The molecule has 1 aromatic heterocycles. The van der Waals surface area contributed by atoms with Gasteiger partial charge in [-0.25, -0.2) is 9.67 Å². The smallest absolute Gasteiger partial charge is 0.163 e. The van der Waals surface area contributed by atoms with Gasteiger partial charge in [-0.3, -0.25) is 4.90 Å². The van der Waals surface area contributed by atoms with Gasteiger partial charge < -0.3 is 9.47 Å². The number of hydrogen-bond acceptors (Lipinski definition) is 5. The number of benzene rings is 1. The molecule has 1 unspecified atom stereocenters. The van der Waals surface area contributed by atoms with Crippen molar-refractivity contribution in [2.75, 3.05) is 26.8 Å². The first-order valence-corrected chi connectivity index (χ1v) is 8.76. The molecule has 0 spiro atoms. The molecule has 2 aliphatic rings. The van der Waals surface area contributed by atoms with Gasteiger partial charge >= 0.3 is 0 Å². The van der Waals surface area contributed by atoms with Crippen molar-refractivity contribution in [3.05, 3.63) is 29.8 Å². The van der Waals surface area contributed by atoms with Gasteiger partial charge in [0.25, 0.3) is 0 Å². The number of hydrogen-bond donors (Lipinski definition) is 0. The van der Waals surface area contributed by atoms with Crippen LogP contribution in [-0.2, 0) is 0 Å². The monoisotopic (exact) mass is 328 g/mol. The van der Waals surface area contributed by atoms with Crippen molar-refractivity contribution in [3.8, 4) is 17.2 Å². The molecule has 6 heteroatoms. The highest BCUT2D eigenvalue weighted by molar-refractivity contribution is 5.49. The summed E-state index contributed by atoms with van der Waals surface area (Å²) in [6.07, 6.45) is 4.91. The van der Waals surface area contributed by atoms with Gasteiger partial charge in [-0.1, -0.05) is 12.8 Å². The van der Waals surface area contributed by atoms with Crippen LogP contribution >= 0.6 is 0 Å². The Morgan fingerprint density at radius 3 is 2.79 bits per heavy atom. The molecule has 1 fully saturated rings. The van der Waals surface area contributed by atoms with Crippen LogP contribution in [-0.4, -0.2) is 46.5 Å². The van der Waals surface area contributed by atoms with Crippen molar-refractivity contribution in [3.63, 3.8) is 0 Å². The van der Waals surface area contributed by atoms with Gasteiger partial charge in [-0.15, -0.1) is 0 Å². The minimum absolute atomic E-state index is 0.307. The van der Waals surface area contributed by atoms with Crippen LogP contribution in [0.15, 0.2) is 18.2 Å². The Hall–Kier alpha value is -2.08. The highest BCUT2D eigenvalue weighted by Gasteiger charge is 2.26. The van der Waals surface area contributed by atoms with Crippen molar-refractivity contribution in [2.24, 2.45) is 0 Å². The molecule has 0 radical (unpaired) electrons. The molecule has 0 aliphatic carbocycles. The van der Waals surface area contributed by atoms with Crippen LogP contribution in [0.1, 0.15) is 43.4 Å². The van der Waals surface area contributed by atoms with Crippen molar-refractivity contribution < 1.29 is 9.47 Å². The van der Waals surface area contributed by atoms with Crippen LogP contribution in [0.25, 0.3) is 5.69 Å². The minimum atomic E-state index is 0.307. The summed E-state index contributed by atoms with van der Waals surface area (Å²) in [5, 5.41) is 4.65. The molecule has 6 nitrogen and oxygen atoms in total. The van der Waals surface area contributed by atoms with E-state index in [-0.39, 0.29) is 0 Å². The molecule has 4 rings (SSSR count). The zero-order valence-electron chi connectivity index (χ0n) is 14.4. The topological polar surface area (TPSA) is 52.4 Å². The zero-order valence-corrected chi connectivity index (χ0v) is 14.4. The lowest BCUT2D eigenvalue weighted by Crippen LogP contribution is -2.26. The molecule has 0 saturated carbocycles. The predicted octanol–water partition coefficient (Wildman–Crippen LogP) is 2.89. The van der Waals surface area contributed by atoms with Gasteiger partial charge in [-0.05, 0) is 45.5 Å². The molecule has 1 saturated heterocycles. The quantitative estimate of drug-likeness (QED) is 0.848. The number of likely N-dealkylation sites (tertiary alicyclic amines) is 1. The Balaban J connectivity index is 1.73. The average Bonchev–Trinajstić information content (AvgIpc) is 2.85. The number of aryl methyl sites for hydroxylation is 1. The Labute approximate surface area is 142 Å². The molecular weight excluding hydrogens is 304 g/mol. The molecule has 2 aromatic rings. The first kappa shape index (κ1) is 15.4. The second kappa shape index (κ2) is 6.43. The fraction of sp³-hybridized carbons (Fsp3) is 0.556. The van der Waals surface area contributed by atoms with Crippen LogP contribution in [0.2, 0.25) is 0 Å². The predicted molar refractivity (Wildman–Crippen MR) is 90.9 cm³/mol. The van der Waals surface area contributed by atoms with Crippen LogP contribution in [0.4, 0.5) is 0 Å². The Morgan fingerprint density at radius 1 is 1.08 bits per heavy atom. The Bertz CT molecular complexity index is 728. The third-order valence-corrected chi connectivity index (χ3v) is 4.83. The third-order valence-electron chi connectivity index (χ3n) is 4.83. The molecule has 128 valence electrons. The molecule has 3 heterocycles. The zero-order chi connectivity index (χ0) is 16.5. The van der Waals surface area contributed by atoms with Crippen molar-refractivity contribution in [2.45, 2.75) is 38.6 Å². The first-order chi connectivity index (χ1) is 11.7. The summed E-state index contributed by atoms with van der Waals surface area (Å²) in [4.78, 5) is 7.16. The normalized spacial score (nSPS) is 21.5. The largest absolute Gasteiger partial charge is 0.486 e. The number of fused-ring (bicyclic) bond motifs is 1. The molecule has 0 amide bonds. The van der Waals surface area contributed by atoms with E-state index in [0.29, 0.717) is 19.3 Å². The summed E-state index contributed by atoms with van der Waals surface area (Å²) in [6.45, 7) is 4.25. The number of aromatic nitrogens is 3. The van der Waals surface area contributed by atoms with Gasteiger partial charge in [0.1, 0.15) is 24.9 Å². The van der Waals surface area contributed by atoms with Crippen molar-refractivity contribution in [1.82, 2.24) is 19.7 Å². The molecular formula is C18H24N4O2. The van der Waals surface area contributed by atoms with E-state index in [1.807, 2.05) is 29.8 Å². The van der Waals surface area contributed by atoms with Crippen molar-refractivity contribution in [1.29, 1.82) is 0 Å². The lowest BCUT2D eigenvalue weighted by atomic mass is 10.1. The fourth-order valence-electron chi connectivity index (χ4n) is 3.58. The fourth-order valence-corrected chi connectivity index (χ4v) is 3.58. The standard InChI is InChI=1S/C18H24N4O2/c1-13-19-18(15-6-4-3-5-9-21(15)2)22(20-13)14-7-8-16-17(12-14)24-11-10-23-16/h7-8,12,15H,3-6,9-11H2,1-2H3. The van der Waals surface area contributed by atoms with Gasteiger partial charge in [-0.2, -0.15) is 5.10 Å². The number of ether oxygens (including phenoxy) is 2. The lowest BCUT2D eigenvalue weighted by Gasteiger charge is -2.25. The van der Waals surface area contributed by atoms with Crippen molar-refractivity contribution >= 4 is 0 Å². The van der Waals surface area contributed by atoms with E-state index in [0.717, 1.165) is 41.8 Å². The summed E-state index contributed by atoms with van der Waals surface area (Å²) in [6, 6.07) is 6.30. The Morgan fingerprint density at radius 2 is 1.92 bits per heavy atom.